The van der Waals surface area contributed by atoms with E-state index in [4.69, 9.17) is 0 Å². The molecule has 82 valence electrons. The number of benzene rings is 1. The van der Waals surface area contributed by atoms with Gasteiger partial charge in [0.2, 0.25) is 0 Å². The highest BCUT2D eigenvalue weighted by Crippen LogP contribution is 2.37. The molecule has 15 heavy (non-hydrogen) atoms. The quantitative estimate of drug-likeness (QED) is 0.824. The van der Waals surface area contributed by atoms with Crippen molar-refractivity contribution in [1.82, 2.24) is 0 Å². The zero-order valence-electron chi connectivity index (χ0n) is 9.15. The molecule has 1 aliphatic rings. The van der Waals surface area contributed by atoms with Gasteiger partial charge in [0.15, 0.2) is 0 Å². The lowest BCUT2D eigenvalue weighted by Gasteiger charge is -2.28. The van der Waals surface area contributed by atoms with E-state index in [2.05, 4.69) is 24.8 Å². The summed E-state index contributed by atoms with van der Waals surface area (Å²) in [5.41, 5.74) is 1.12. The van der Waals surface area contributed by atoms with Gasteiger partial charge in [-0.15, -0.1) is 0 Å². The topological polar surface area (TPSA) is 20.2 Å². The molecule has 1 nitrogen and oxygen atoms in total. The molecule has 0 aliphatic carbocycles. The number of aromatic hydroxyl groups is 1. The lowest BCUT2D eigenvalue weighted by atomic mass is 9.83. The van der Waals surface area contributed by atoms with Crippen molar-refractivity contribution in [3.05, 3.63) is 29.8 Å². The predicted octanol–water partition coefficient (Wildman–Crippen LogP) is 3.64. The molecule has 2 rings (SSSR count). The molecule has 1 unspecified atom stereocenters. The van der Waals surface area contributed by atoms with E-state index in [0.717, 1.165) is 11.5 Å². The first-order chi connectivity index (χ1) is 7.29. The second-order valence-electron chi connectivity index (χ2n) is 4.30. The largest absolute Gasteiger partial charge is 0.508 e. The maximum atomic E-state index is 9.81. The molecule has 1 aliphatic heterocycles. The third kappa shape index (κ3) is 2.49. The second-order valence-corrected chi connectivity index (χ2v) is 5.52. The van der Waals surface area contributed by atoms with Crippen LogP contribution in [0.3, 0.4) is 0 Å². The van der Waals surface area contributed by atoms with E-state index >= 15 is 0 Å². The van der Waals surface area contributed by atoms with Gasteiger partial charge in [-0.05, 0) is 47.8 Å². The summed E-state index contributed by atoms with van der Waals surface area (Å²) in [7, 11) is 0. The monoisotopic (exact) mass is 222 g/mol. The maximum Gasteiger partial charge on any atom is 0.119 e. The number of hydrogen-bond donors (Lipinski definition) is 1. The highest BCUT2D eigenvalue weighted by molar-refractivity contribution is 7.99. The Morgan fingerprint density at radius 2 is 1.93 bits per heavy atom. The zero-order valence-corrected chi connectivity index (χ0v) is 9.96. The number of thioether (sulfide) groups is 1. The second kappa shape index (κ2) is 4.93. The SMILES string of the molecule is CC(c1ccccc1O)C1CCSCC1. The first-order valence-corrected chi connectivity index (χ1v) is 6.80. The Morgan fingerprint density at radius 3 is 2.60 bits per heavy atom. The molecular formula is C13H18OS. The lowest BCUT2D eigenvalue weighted by molar-refractivity contribution is 0.396. The molecule has 0 radical (unpaired) electrons. The Bertz CT molecular complexity index is 318. The standard InChI is InChI=1S/C13H18OS/c1-10(11-6-8-15-9-7-11)12-4-2-3-5-13(12)14/h2-5,10-11,14H,6-9H2,1H3. The molecule has 1 saturated heterocycles. The van der Waals surface area contributed by atoms with Gasteiger partial charge in [0.1, 0.15) is 5.75 Å². The van der Waals surface area contributed by atoms with Gasteiger partial charge >= 0.3 is 0 Å². The van der Waals surface area contributed by atoms with Crippen LogP contribution in [0.2, 0.25) is 0 Å². The Kier molecular flexibility index (Phi) is 3.57. The molecule has 2 heteroatoms. The summed E-state index contributed by atoms with van der Waals surface area (Å²) in [6, 6.07) is 7.76. The van der Waals surface area contributed by atoms with Crippen molar-refractivity contribution in [2.24, 2.45) is 5.92 Å². The summed E-state index contributed by atoms with van der Waals surface area (Å²) in [4.78, 5) is 0. The van der Waals surface area contributed by atoms with Crippen LogP contribution in [0.25, 0.3) is 0 Å². The molecule has 1 aromatic rings. The van der Waals surface area contributed by atoms with Crippen LogP contribution >= 0.6 is 11.8 Å². The first-order valence-electron chi connectivity index (χ1n) is 5.64. The molecule has 0 aromatic heterocycles. The van der Waals surface area contributed by atoms with Crippen molar-refractivity contribution in [2.75, 3.05) is 11.5 Å². The van der Waals surface area contributed by atoms with Crippen molar-refractivity contribution < 1.29 is 5.11 Å². The molecule has 0 bridgehead atoms. The Morgan fingerprint density at radius 1 is 1.27 bits per heavy atom. The zero-order chi connectivity index (χ0) is 10.7. The summed E-state index contributed by atoms with van der Waals surface area (Å²) in [5, 5.41) is 9.81. The van der Waals surface area contributed by atoms with E-state index in [1.165, 1.54) is 24.3 Å². The number of hydrogen-bond acceptors (Lipinski definition) is 2. The highest BCUT2D eigenvalue weighted by atomic mass is 32.2. The van der Waals surface area contributed by atoms with Gasteiger partial charge in [-0.3, -0.25) is 0 Å². The van der Waals surface area contributed by atoms with E-state index in [1.807, 2.05) is 12.1 Å². The normalized spacial score (nSPS) is 20.1. The molecule has 1 N–H and O–H groups in total. The molecule has 1 aromatic carbocycles. The Balaban J connectivity index is 2.12. The number of para-hydroxylation sites is 1. The lowest BCUT2D eigenvalue weighted by Crippen LogP contribution is -2.16. The molecule has 0 amide bonds. The molecule has 1 fully saturated rings. The number of phenolic OH excluding ortho intramolecular Hbond substituents is 1. The number of phenols is 1. The van der Waals surface area contributed by atoms with Gasteiger partial charge < -0.3 is 5.11 Å². The van der Waals surface area contributed by atoms with Gasteiger partial charge in [-0.2, -0.15) is 11.8 Å². The van der Waals surface area contributed by atoms with Gasteiger partial charge in [-0.25, -0.2) is 0 Å². The van der Waals surface area contributed by atoms with E-state index in [1.54, 1.807) is 6.07 Å². The van der Waals surface area contributed by atoms with Gasteiger partial charge in [0, 0.05) is 0 Å². The van der Waals surface area contributed by atoms with E-state index < -0.39 is 0 Å². The fourth-order valence-corrected chi connectivity index (χ4v) is 3.49. The molecule has 1 atom stereocenters. The van der Waals surface area contributed by atoms with Crippen LogP contribution in [0.15, 0.2) is 24.3 Å². The van der Waals surface area contributed by atoms with Crippen molar-refractivity contribution in [3.63, 3.8) is 0 Å². The summed E-state index contributed by atoms with van der Waals surface area (Å²) in [6.07, 6.45) is 2.58. The van der Waals surface area contributed by atoms with Crippen molar-refractivity contribution in [1.29, 1.82) is 0 Å². The third-order valence-corrected chi connectivity index (χ3v) is 4.45. The summed E-state index contributed by atoms with van der Waals surface area (Å²) in [6.45, 7) is 2.25. The Labute approximate surface area is 95.9 Å². The first kappa shape index (κ1) is 10.9. The van der Waals surface area contributed by atoms with Crippen LogP contribution in [-0.4, -0.2) is 16.6 Å². The van der Waals surface area contributed by atoms with Crippen molar-refractivity contribution in [2.45, 2.75) is 25.7 Å². The van der Waals surface area contributed by atoms with Crippen molar-refractivity contribution in [3.8, 4) is 5.75 Å². The van der Waals surface area contributed by atoms with E-state index in [9.17, 15) is 5.11 Å². The van der Waals surface area contributed by atoms with E-state index in [0.29, 0.717) is 11.7 Å². The van der Waals surface area contributed by atoms with Gasteiger partial charge in [0.05, 0.1) is 0 Å². The summed E-state index contributed by atoms with van der Waals surface area (Å²) in [5.74, 6) is 4.26. The van der Waals surface area contributed by atoms with Gasteiger partial charge in [-0.1, -0.05) is 25.1 Å². The minimum atomic E-state index is 0.461. The minimum Gasteiger partial charge on any atom is -0.508 e. The highest BCUT2D eigenvalue weighted by Gasteiger charge is 2.22. The fraction of sp³-hybridized carbons (Fsp3) is 0.538. The average Bonchev–Trinajstić information content (AvgIpc) is 2.30. The van der Waals surface area contributed by atoms with Crippen LogP contribution in [-0.2, 0) is 0 Å². The summed E-state index contributed by atoms with van der Waals surface area (Å²) < 4.78 is 0. The summed E-state index contributed by atoms with van der Waals surface area (Å²) >= 11 is 2.05. The van der Waals surface area contributed by atoms with Crippen LogP contribution in [0.5, 0.6) is 5.75 Å². The van der Waals surface area contributed by atoms with Crippen LogP contribution in [0, 0.1) is 5.92 Å². The average molecular weight is 222 g/mol. The molecule has 0 spiro atoms. The van der Waals surface area contributed by atoms with Crippen LogP contribution < -0.4 is 0 Å². The molecule has 1 heterocycles. The smallest absolute Gasteiger partial charge is 0.119 e. The molecule has 0 saturated carbocycles. The fourth-order valence-electron chi connectivity index (χ4n) is 2.34. The van der Waals surface area contributed by atoms with Crippen molar-refractivity contribution >= 4 is 11.8 Å². The third-order valence-electron chi connectivity index (χ3n) is 3.40. The van der Waals surface area contributed by atoms with Crippen LogP contribution in [0.1, 0.15) is 31.2 Å². The minimum absolute atomic E-state index is 0.461. The predicted molar refractivity (Wildman–Crippen MR) is 66.6 cm³/mol. The maximum absolute atomic E-state index is 9.81. The molecular weight excluding hydrogens is 204 g/mol. The van der Waals surface area contributed by atoms with E-state index in [-0.39, 0.29) is 0 Å². The van der Waals surface area contributed by atoms with Crippen LogP contribution in [0.4, 0.5) is 0 Å². The Hall–Kier alpha value is -0.630. The number of rotatable bonds is 2. The van der Waals surface area contributed by atoms with Gasteiger partial charge in [0.25, 0.3) is 0 Å².